The molecule has 0 saturated carbocycles. The number of nitrogens with zero attached hydrogens (tertiary/aromatic N) is 1. The van der Waals surface area contributed by atoms with Gasteiger partial charge in [0.2, 0.25) is 5.91 Å². The zero-order chi connectivity index (χ0) is 16.7. The largest absolute Gasteiger partial charge is 0.494 e. The summed E-state index contributed by atoms with van der Waals surface area (Å²) >= 11 is 0. The lowest BCUT2D eigenvalue weighted by molar-refractivity contribution is -0.130. The maximum Gasteiger partial charge on any atom is 0.222 e. The molecule has 0 bridgehead atoms. The summed E-state index contributed by atoms with van der Waals surface area (Å²) in [6, 6.07) is 16.1. The van der Waals surface area contributed by atoms with Gasteiger partial charge in [-0.15, -0.1) is 0 Å². The maximum absolute atomic E-state index is 12.2. The highest BCUT2D eigenvalue weighted by Gasteiger charge is 2.10. The summed E-state index contributed by atoms with van der Waals surface area (Å²) in [5, 5.41) is 0. The van der Waals surface area contributed by atoms with Crippen LogP contribution in [-0.2, 0) is 11.3 Å². The fourth-order valence-corrected chi connectivity index (χ4v) is 2.44. The molecule has 1 amide bonds. The second kappa shape index (κ2) is 8.37. The van der Waals surface area contributed by atoms with E-state index in [0.717, 1.165) is 12.2 Å². The fourth-order valence-electron chi connectivity index (χ4n) is 2.44. The SMILES string of the molecule is Cc1cccc(OCCCC(=O)N(C)Cc2ccccc2C)c1. The molecule has 0 heterocycles. The Morgan fingerprint density at radius 1 is 1.09 bits per heavy atom. The monoisotopic (exact) mass is 311 g/mol. The van der Waals surface area contributed by atoms with Gasteiger partial charge in [-0.2, -0.15) is 0 Å². The molecule has 0 unspecified atom stereocenters. The lowest BCUT2D eigenvalue weighted by Crippen LogP contribution is -2.26. The van der Waals surface area contributed by atoms with E-state index in [-0.39, 0.29) is 5.91 Å². The Hall–Kier alpha value is -2.29. The molecular formula is C20H25NO2. The van der Waals surface area contributed by atoms with Gasteiger partial charge < -0.3 is 9.64 Å². The Labute approximate surface area is 138 Å². The number of rotatable bonds is 7. The Morgan fingerprint density at radius 3 is 2.61 bits per heavy atom. The molecule has 0 saturated heterocycles. The molecule has 0 aliphatic carbocycles. The molecule has 0 aromatic heterocycles. The number of carbonyl (C=O) groups excluding carboxylic acids is 1. The summed E-state index contributed by atoms with van der Waals surface area (Å²) in [6.45, 7) is 5.33. The molecule has 2 rings (SSSR count). The zero-order valence-corrected chi connectivity index (χ0v) is 14.2. The quantitative estimate of drug-likeness (QED) is 0.720. The molecule has 0 atom stereocenters. The van der Waals surface area contributed by atoms with Crippen molar-refractivity contribution < 1.29 is 9.53 Å². The van der Waals surface area contributed by atoms with Gasteiger partial charge in [-0.05, 0) is 49.1 Å². The van der Waals surface area contributed by atoms with Crippen molar-refractivity contribution in [2.75, 3.05) is 13.7 Å². The van der Waals surface area contributed by atoms with E-state index in [4.69, 9.17) is 4.74 Å². The minimum Gasteiger partial charge on any atom is -0.494 e. The molecule has 0 aliphatic heterocycles. The summed E-state index contributed by atoms with van der Waals surface area (Å²) in [7, 11) is 1.86. The van der Waals surface area contributed by atoms with Gasteiger partial charge in [0.1, 0.15) is 5.75 Å². The predicted octanol–water partition coefficient (Wildman–Crippen LogP) is 4.12. The lowest BCUT2D eigenvalue weighted by atomic mass is 10.1. The standard InChI is InChI=1S/C20H25NO2/c1-16-8-6-11-19(14-16)23-13-7-12-20(22)21(3)15-18-10-5-4-9-17(18)2/h4-6,8-11,14H,7,12-13,15H2,1-3H3. The highest BCUT2D eigenvalue weighted by Crippen LogP contribution is 2.13. The molecule has 0 radical (unpaired) electrons. The van der Waals surface area contributed by atoms with E-state index < -0.39 is 0 Å². The van der Waals surface area contributed by atoms with Crippen molar-refractivity contribution in [2.24, 2.45) is 0 Å². The molecule has 0 aliphatic rings. The second-order valence-electron chi connectivity index (χ2n) is 5.94. The molecule has 122 valence electrons. The normalized spacial score (nSPS) is 10.4. The van der Waals surface area contributed by atoms with Crippen LogP contribution in [-0.4, -0.2) is 24.5 Å². The third-order valence-electron chi connectivity index (χ3n) is 3.89. The van der Waals surface area contributed by atoms with Crippen molar-refractivity contribution in [3.05, 3.63) is 65.2 Å². The molecule has 2 aromatic rings. The van der Waals surface area contributed by atoms with Gasteiger partial charge in [-0.1, -0.05) is 36.4 Å². The Morgan fingerprint density at radius 2 is 1.87 bits per heavy atom. The first-order chi connectivity index (χ1) is 11.1. The molecule has 0 fully saturated rings. The van der Waals surface area contributed by atoms with Gasteiger partial charge in [0.05, 0.1) is 6.61 Å². The van der Waals surface area contributed by atoms with Crippen LogP contribution >= 0.6 is 0 Å². The van der Waals surface area contributed by atoms with E-state index in [1.165, 1.54) is 16.7 Å². The highest BCUT2D eigenvalue weighted by atomic mass is 16.5. The van der Waals surface area contributed by atoms with Crippen LogP contribution in [0.3, 0.4) is 0 Å². The zero-order valence-electron chi connectivity index (χ0n) is 14.2. The summed E-state index contributed by atoms with van der Waals surface area (Å²) in [5.74, 6) is 1.02. The van der Waals surface area contributed by atoms with Gasteiger partial charge in [-0.25, -0.2) is 0 Å². The number of amides is 1. The van der Waals surface area contributed by atoms with Crippen LogP contribution in [0.25, 0.3) is 0 Å². The minimum atomic E-state index is 0.154. The summed E-state index contributed by atoms with van der Waals surface area (Å²) < 4.78 is 5.68. The highest BCUT2D eigenvalue weighted by molar-refractivity contribution is 5.75. The third kappa shape index (κ3) is 5.44. The van der Waals surface area contributed by atoms with Crippen LogP contribution in [0.4, 0.5) is 0 Å². The van der Waals surface area contributed by atoms with E-state index in [1.54, 1.807) is 4.90 Å². The molecule has 0 N–H and O–H groups in total. The van der Waals surface area contributed by atoms with Crippen molar-refractivity contribution in [1.82, 2.24) is 4.90 Å². The molecular weight excluding hydrogens is 286 g/mol. The van der Waals surface area contributed by atoms with Crippen LogP contribution in [0.15, 0.2) is 48.5 Å². The first-order valence-electron chi connectivity index (χ1n) is 8.04. The Bertz CT molecular complexity index is 652. The number of benzene rings is 2. The summed E-state index contributed by atoms with van der Waals surface area (Å²) in [5.41, 5.74) is 3.59. The van der Waals surface area contributed by atoms with Gasteiger partial charge in [0, 0.05) is 20.0 Å². The van der Waals surface area contributed by atoms with Crippen molar-refractivity contribution in [2.45, 2.75) is 33.2 Å². The first-order valence-corrected chi connectivity index (χ1v) is 8.04. The van der Waals surface area contributed by atoms with Crippen LogP contribution in [0.5, 0.6) is 5.75 Å². The van der Waals surface area contributed by atoms with Crippen LogP contribution < -0.4 is 4.74 Å². The minimum absolute atomic E-state index is 0.154. The Balaban J connectivity index is 1.73. The smallest absolute Gasteiger partial charge is 0.222 e. The van der Waals surface area contributed by atoms with E-state index in [9.17, 15) is 4.79 Å². The molecule has 3 heteroatoms. The predicted molar refractivity (Wildman–Crippen MR) is 93.6 cm³/mol. The van der Waals surface area contributed by atoms with Crippen LogP contribution in [0.2, 0.25) is 0 Å². The molecule has 0 spiro atoms. The van der Waals surface area contributed by atoms with Crippen molar-refractivity contribution in [3.63, 3.8) is 0 Å². The maximum atomic E-state index is 12.2. The van der Waals surface area contributed by atoms with Crippen LogP contribution in [0, 0.1) is 13.8 Å². The number of hydrogen-bond acceptors (Lipinski definition) is 2. The van der Waals surface area contributed by atoms with Gasteiger partial charge in [0.25, 0.3) is 0 Å². The van der Waals surface area contributed by atoms with Gasteiger partial charge in [0.15, 0.2) is 0 Å². The average Bonchev–Trinajstić information content (AvgIpc) is 2.53. The van der Waals surface area contributed by atoms with E-state index in [0.29, 0.717) is 19.6 Å². The molecule has 3 nitrogen and oxygen atoms in total. The number of carbonyl (C=O) groups is 1. The fraction of sp³-hybridized carbons (Fsp3) is 0.350. The molecule has 23 heavy (non-hydrogen) atoms. The Kier molecular flexibility index (Phi) is 6.21. The van der Waals surface area contributed by atoms with Crippen molar-refractivity contribution in [3.8, 4) is 5.75 Å². The van der Waals surface area contributed by atoms with E-state index in [2.05, 4.69) is 19.1 Å². The van der Waals surface area contributed by atoms with Crippen LogP contribution in [0.1, 0.15) is 29.5 Å². The summed E-state index contributed by atoms with van der Waals surface area (Å²) in [6.07, 6.45) is 1.24. The lowest BCUT2D eigenvalue weighted by Gasteiger charge is -2.18. The number of ether oxygens (including phenoxy) is 1. The molecule has 2 aromatic carbocycles. The number of aryl methyl sites for hydroxylation is 2. The average molecular weight is 311 g/mol. The number of hydrogen-bond donors (Lipinski definition) is 0. The van der Waals surface area contributed by atoms with Gasteiger partial charge in [-0.3, -0.25) is 4.79 Å². The van der Waals surface area contributed by atoms with E-state index in [1.807, 2.05) is 50.4 Å². The van der Waals surface area contributed by atoms with Gasteiger partial charge >= 0.3 is 0 Å². The topological polar surface area (TPSA) is 29.5 Å². The first kappa shape index (κ1) is 17.1. The third-order valence-corrected chi connectivity index (χ3v) is 3.89. The van der Waals surface area contributed by atoms with Crippen molar-refractivity contribution >= 4 is 5.91 Å². The van der Waals surface area contributed by atoms with Crippen molar-refractivity contribution in [1.29, 1.82) is 0 Å². The second-order valence-corrected chi connectivity index (χ2v) is 5.94. The van der Waals surface area contributed by atoms with E-state index >= 15 is 0 Å². The summed E-state index contributed by atoms with van der Waals surface area (Å²) in [4.78, 5) is 14.0.